The number of hydrazone groups is 1. The minimum absolute atomic E-state index is 0.0542. The molecule has 0 atom stereocenters. The van der Waals surface area contributed by atoms with Crippen LogP contribution in [0.3, 0.4) is 0 Å². The number of nitrogens with one attached hydrogen (secondary N) is 1. The lowest BCUT2D eigenvalue weighted by Crippen LogP contribution is -2.19. The van der Waals surface area contributed by atoms with Gasteiger partial charge < -0.3 is 5.11 Å². The van der Waals surface area contributed by atoms with Crippen LogP contribution < -0.4 is 5.43 Å². The van der Waals surface area contributed by atoms with Gasteiger partial charge >= 0.3 is 0 Å². The van der Waals surface area contributed by atoms with Gasteiger partial charge in [0.05, 0.1) is 5.71 Å². The maximum Gasteiger partial charge on any atom is 0.271 e. The average molecular weight is 368 g/mol. The Kier molecular flexibility index (Phi) is 4.98. The molecular formula is C15H12BrClN2O2. The molecule has 0 aliphatic heterocycles. The molecule has 0 saturated heterocycles. The number of phenolic OH excluding ortho intramolecular Hbond substituents is 1. The summed E-state index contributed by atoms with van der Waals surface area (Å²) in [6.45, 7) is 1.67. The molecule has 21 heavy (non-hydrogen) atoms. The Morgan fingerprint density at radius 1 is 1.24 bits per heavy atom. The van der Waals surface area contributed by atoms with Gasteiger partial charge in [0, 0.05) is 20.6 Å². The van der Waals surface area contributed by atoms with Crippen LogP contribution in [-0.2, 0) is 0 Å². The van der Waals surface area contributed by atoms with E-state index < -0.39 is 0 Å². The topological polar surface area (TPSA) is 61.7 Å². The van der Waals surface area contributed by atoms with Gasteiger partial charge in [0.15, 0.2) is 0 Å². The standard InChI is InChI=1S/C15H12BrClN2O2/c1-9(13-8-12(17)6-7-14(13)20)18-19-15(21)10-2-4-11(16)5-3-10/h2-8,20H,1H3,(H,19,21). The van der Waals surface area contributed by atoms with Crippen LogP contribution in [0, 0.1) is 0 Å². The van der Waals surface area contributed by atoms with E-state index in [2.05, 4.69) is 26.5 Å². The van der Waals surface area contributed by atoms with E-state index in [1.807, 2.05) is 0 Å². The third kappa shape index (κ3) is 4.06. The van der Waals surface area contributed by atoms with Crippen molar-refractivity contribution >= 4 is 39.1 Å². The fraction of sp³-hybridized carbons (Fsp3) is 0.0667. The fourth-order valence-corrected chi connectivity index (χ4v) is 2.10. The molecule has 2 aromatic rings. The van der Waals surface area contributed by atoms with Gasteiger partial charge in [-0.15, -0.1) is 0 Å². The summed E-state index contributed by atoms with van der Waals surface area (Å²) in [7, 11) is 0. The van der Waals surface area contributed by atoms with Crippen molar-refractivity contribution in [3.63, 3.8) is 0 Å². The van der Waals surface area contributed by atoms with Crippen LogP contribution in [0.2, 0.25) is 5.02 Å². The first kappa shape index (κ1) is 15.5. The summed E-state index contributed by atoms with van der Waals surface area (Å²) in [5.41, 5.74) is 3.86. The van der Waals surface area contributed by atoms with E-state index in [0.29, 0.717) is 21.9 Å². The number of carbonyl (C=O) groups is 1. The number of amides is 1. The zero-order valence-corrected chi connectivity index (χ0v) is 13.4. The molecule has 2 N–H and O–H groups in total. The van der Waals surface area contributed by atoms with Gasteiger partial charge in [0.25, 0.3) is 5.91 Å². The minimum atomic E-state index is -0.330. The van der Waals surface area contributed by atoms with Crippen LogP contribution in [-0.4, -0.2) is 16.7 Å². The van der Waals surface area contributed by atoms with Gasteiger partial charge in [-0.3, -0.25) is 4.79 Å². The van der Waals surface area contributed by atoms with Crippen molar-refractivity contribution in [2.45, 2.75) is 6.92 Å². The molecule has 2 aromatic carbocycles. The number of benzene rings is 2. The van der Waals surface area contributed by atoms with Crippen molar-refractivity contribution < 1.29 is 9.90 Å². The highest BCUT2D eigenvalue weighted by Gasteiger charge is 2.08. The normalized spacial score (nSPS) is 11.3. The van der Waals surface area contributed by atoms with Crippen LogP contribution in [0.5, 0.6) is 5.75 Å². The van der Waals surface area contributed by atoms with Crippen LogP contribution in [0.1, 0.15) is 22.8 Å². The fourth-order valence-electron chi connectivity index (χ4n) is 1.66. The quantitative estimate of drug-likeness (QED) is 0.637. The van der Waals surface area contributed by atoms with Gasteiger partial charge in [0.1, 0.15) is 5.75 Å². The molecule has 4 nitrogen and oxygen atoms in total. The van der Waals surface area contributed by atoms with Gasteiger partial charge in [-0.2, -0.15) is 5.10 Å². The second kappa shape index (κ2) is 6.74. The molecule has 0 aliphatic rings. The zero-order valence-electron chi connectivity index (χ0n) is 11.1. The first-order valence-corrected chi connectivity index (χ1v) is 7.23. The van der Waals surface area contributed by atoms with Crippen molar-refractivity contribution in [2.24, 2.45) is 5.10 Å². The number of nitrogens with zero attached hydrogens (tertiary/aromatic N) is 1. The van der Waals surface area contributed by atoms with E-state index in [-0.39, 0.29) is 11.7 Å². The van der Waals surface area contributed by atoms with E-state index >= 15 is 0 Å². The average Bonchev–Trinajstić information content (AvgIpc) is 2.47. The first-order valence-electron chi connectivity index (χ1n) is 6.06. The number of halogens is 2. The lowest BCUT2D eigenvalue weighted by atomic mass is 10.1. The van der Waals surface area contributed by atoms with Gasteiger partial charge in [0.2, 0.25) is 0 Å². The predicted molar refractivity (Wildman–Crippen MR) is 86.9 cm³/mol. The molecule has 0 heterocycles. The summed E-state index contributed by atoms with van der Waals surface area (Å²) >= 11 is 9.18. The lowest BCUT2D eigenvalue weighted by Gasteiger charge is -2.06. The van der Waals surface area contributed by atoms with Crippen LogP contribution >= 0.6 is 27.5 Å². The Morgan fingerprint density at radius 2 is 1.90 bits per heavy atom. The van der Waals surface area contributed by atoms with E-state index in [1.165, 1.54) is 6.07 Å². The van der Waals surface area contributed by atoms with Crippen molar-refractivity contribution in [1.29, 1.82) is 0 Å². The zero-order chi connectivity index (χ0) is 15.4. The highest BCUT2D eigenvalue weighted by molar-refractivity contribution is 9.10. The molecule has 0 fully saturated rings. The van der Waals surface area contributed by atoms with E-state index in [0.717, 1.165) is 4.47 Å². The third-order valence-corrected chi connectivity index (χ3v) is 3.54. The monoisotopic (exact) mass is 366 g/mol. The molecule has 1 amide bonds. The number of phenols is 1. The van der Waals surface area contributed by atoms with Crippen molar-refractivity contribution in [3.8, 4) is 5.75 Å². The lowest BCUT2D eigenvalue weighted by molar-refractivity contribution is 0.0955. The largest absolute Gasteiger partial charge is 0.507 e. The number of carbonyl (C=O) groups excluding carboxylic acids is 1. The van der Waals surface area contributed by atoms with Crippen LogP contribution in [0.15, 0.2) is 52.0 Å². The summed E-state index contributed by atoms with van der Waals surface area (Å²) in [6, 6.07) is 11.5. The van der Waals surface area contributed by atoms with Crippen LogP contribution in [0.25, 0.3) is 0 Å². The summed E-state index contributed by atoms with van der Waals surface area (Å²) in [6.07, 6.45) is 0. The Labute approximate surface area is 135 Å². The second-order valence-corrected chi connectivity index (χ2v) is 5.66. The second-order valence-electron chi connectivity index (χ2n) is 4.31. The number of hydrogen-bond donors (Lipinski definition) is 2. The summed E-state index contributed by atoms with van der Waals surface area (Å²) < 4.78 is 0.891. The molecule has 2 rings (SSSR count). The van der Waals surface area contributed by atoms with Crippen LogP contribution in [0.4, 0.5) is 0 Å². The number of rotatable bonds is 3. The number of aromatic hydroxyl groups is 1. The summed E-state index contributed by atoms with van der Waals surface area (Å²) in [4.78, 5) is 11.9. The molecule has 0 aromatic heterocycles. The first-order chi connectivity index (χ1) is 9.97. The van der Waals surface area contributed by atoms with Crippen molar-refractivity contribution in [2.75, 3.05) is 0 Å². The minimum Gasteiger partial charge on any atom is -0.507 e. The van der Waals surface area contributed by atoms with Gasteiger partial charge in [-0.05, 0) is 49.4 Å². The summed E-state index contributed by atoms with van der Waals surface area (Å²) in [5.74, 6) is -0.276. The molecule has 0 aliphatic carbocycles. The van der Waals surface area contributed by atoms with E-state index in [1.54, 1.807) is 43.3 Å². The third-order valence-electron chi connectivity index (χ3n) is 2.78. The van der Waals surface area contributed by atoms with Crippen molar-refractivity contribution in [3.05, 3.63) is 63.1 Å². The molecule has 6 heteroatoms. The maximum atomic E-state index is 11.9. The predicted octanol–water partition coefficient (Wildman–Crippen LogP) is 3.96. The Hall–Kier alpha value is -1.85. The molecule has 0 spiro atoms. The summed E-state index contributed by atoms with van der Waals surface area (Å²) in [5, 5.41) is 14.2. The van der Waals surface area contributed by atoms with Gasteiger partial charge in [-0.1, -0.05) is 27.5 Å². The Balaban J connectivity index is 2.14. The molecule has 0 unspecified atom stereocenters. The Morgan fingerprint density at radius 3 is 2.57 bits per heavy atom. The van der Waals surface area contributed by atoms with E-state index in [9.17, 15) is 9.90 Å². The molecular weight excluding hydrogens is 356 g/mol. The highest BCUT2D eigenvalue weighted by Crippen LogP contribution is 2.22. The molecule has 0 bridgehead atoms. The Bertz CT molecular complexity index is 699. The van der Waals surface area contributed by atoms with Crippen molar-refractivity contribution in [1.82, 2.24) is 5.43 Å². The SMILES string of the molecule is CC(=NNC(=O)c1ccc(Br)cc1)c1cc(Cl)ccc1O. The smallest absolute Gasteiger partial charge is 0.271 e. The highest BCUT2D eigenvalue weighted by atomic mass is 79.9. The molecule has 0 saturated carbocycles. The maximum absolute atomic E-state index is 11.9. The van der Waals surface area contributed by atoms with E-state index in [4.69, 9.17) is 11.6 Å². The molecule has 108 valence electrons. The number of hydrogen-bond acceptors (Lipinski definition) is 3. The van der Waals surface area contributed by atoms with Gasteiger partial charge in [-0.25, -0.2) is 5.43 Å². The molecule has 0 radical (unpaired) electrons.